The number of hydrogen-bond donors (Lipinski definition) is 2. The molecule has 0 atom stereocenters. The third-order valence-corrected chi connectivity index (χ3v) is 5.71. The maximum Gasteiger partial charge on any atom is 0.261 e. The summed E-state index contributed by atoms with van der Waals surface area (Å²) in [5, 5.41) is 2.03. The first-order valence-electron chi connectivity index (χ1n) is 8.32. The normalized spacial score (nSPS) is 11.2. The third-order valence-electron chi connectivity index (χ3n) is 4.00. The van der Waals surface area contributed by atoms with Gasteiger partial charge < -0.3 is 5.32 Å². The van der Waals surface area contributed by atoms with Crippen molar-refractivity contribution in [2.24, 2.45) is 0 Å². The molecule has 0 aliphatic rings. The van der Waals surface area contributed by atoms with E-state index in [1.54, 1.807) is 12.1 Å². The summed E-state index contributed by atoms with van der Waals surface area (Å²) < 4.78 is 54.6. The molecule has 0 saturated heterocycles. The van der Waals surface area contributed by atoms with Gasteiger partial charge in [-0.25, -0.2) is 17.2 Å². The quantitative estimate of drug-likeness (QED) is 0.592. The zero-order valence-corrected chi connectivity index (χ0v) is 16.6. The van der Waals surface area contributed by atoms with E-state index in [0.717, 1.165) is 17.7 Å². The van der Waals surface area contributed by atoms with Crippen molar-refractivity contribution < 1.29 is 22.0 Å². The molecule has 5 nitrogen and oxygen atoms in total. The Morgan fingerprint density at radius 1 is 0.966 bits per heavy atom. The fraction of sp³-hybridized carbons (Fsp3) is 0.0500. The highest BCUT2D eigenvalue weighted by Gasteiger charge is 2.18. The van der Waals surface area contributed by atoms with Crippen LogP contribution in [0.25, 0.3) is 0 Å². The van der Waals surface area contributed by atoms with Gasteiger partial charge in [0.2, 0.25) is 0 Å². The zero-order valence-electron chi connectivity index (χ0n) is 15.0. The van der Waals surface area contributed by atoms with E-state index in [9.17, 15) is 22.0 Å². The lowest BCUT2D eigenvalue weighted by molar-refractivity contribution is 0.102. The van der Waals surface area contributed by atoms with Crippen molar-refractivity contribution in [2.45, 2.75) is 11.8 Å². The smallest absolute Gasteiger partial charge is 0.261 e. The Hall–Kier alpha value is -2.97. The number of sulfonamides is 1. The monoisotopic (exact) mass is 436 g/mol. The average Bonchev–Trinajstić information content (AvgIpc) is 2.65. The van der Waals surface area contributed by atoms with Crippen LogP contribution in [0.3, 0.4) is 0 Å². The molecule has 0 fully saturated rings. The van der Waals surface area contributed by atoms with E-state index in [4.69, 9.17) is 11.6 Å². The number of amides is 1. The van der Waals surface area contributed by atoms with Crippen molar-refractivity contribution in [1.82, 2.24) is 0 Å². The van der Waals surface area contributed by atoms with Gasteiger partial charge >= 0.3 is 0 Å². The first-order chi connectivity index (χ1) is 13.7. The standard InChI is InChI=1S/C20H15ClF2N2O3S/c1-12-5-8-14(9-6-12)29(27,28)25-13-7-10-15(16(21)11-13)20(26)24-19-17(22)3-2-4-18(19)23/h2-11,25H,1H3,(H,24,26). The number of anilines is 2. The van der Waals surface area contributed by atoms with Gasteiger partial charge in [0.25, 0.3) is 15.9 Å². The molecular weight excluding hydrogens is 422 g/mol. The third kappa shape index (κ3) is 4.72. The van der Waals surface area contributed by atoms with Gasteiger partial charge in [0.1, 0.15) is 17.3 Å². The van der Waals surface area contributed by atoms with Crippen LogP contribution in [0.15, 0.2) is 65.6 Å². The van der Waals surface area contributed by atoms with Crippen molar-refractivity contribution >= 4 is 38.9 Å². The number of carbonyl (C=O) groups is 1. The highest BCUT2D eigenvalue weighted by atomic mass is 35.5. The summed E-state index contributed by atoms with van der Waals surface area (Å²) in [5.41, 5.74) is 0.364. The van der Waals surface area contributed by atoms with Gasteiger partial charge in [0.15, 0.2) is 0 Å². The van der Waals surface area contributed by atoms with Crippen LogP contribution < -0.4 is 10.0 Å². The van der Waals surface area contributed by atoms with Crippen LogP contribution in [-0.4, -0.2) is 14.3 Å². The van der Waals surface area contributed by atoms with Crippen LogP contribution in [0.4, 0.5) is 20.2 Å². The molecule has 0 saturated carbocycles. The van der Waals surface area contributed by atoms with Crippen LogP contribution in [0.1, 0.15) is 15.9 Å². The molecule has 1 amide bonds. The highest BCUT2D eigenvalue weighted by Crippen LogP contribution is 2.25. The Morgan fingerprint density at radius 3 is 2.17 bits per heavy atom. The predicted octanol–water partition coefficient (Wildman–Crippen LogP) is 4.98. The van der Waals surface area contributed by atoms with Gasteiger partial charge in [0.05, 0.1) is 21.2 Å². The molecule has 0 heterocycles. The molecule has 0 aromatic heterocycles. The minimum Gasteiger partial charge on any atom is -0.317 e. The number of rotatable bonds is 5. The summed E-state index contributed by atoms with van der Waals surface area (Å²) in [6.07, 6.45) is 0. The predicted molar refractivity (Wildman–Crippen MR) is 108 cm³/mol. The Kier molecular flexibility index (Phi) is 5.86. The maximum atomic E-state index is 13.7. The summed E-state index contributed by atoms with van der Waals surface area (Å²) in [4.78, 5) is 12.4. The molecule has 0 spiro atoms. The van der Waals surface area contributed by atoms with E-state index < -0.39 is 33.3 Å². The summed E-state index contributed by atoms with van der Waals surface area (Å²) >= 11 is 6.08. The van der Waals surface area contributed by atoms with Gasteiger partial charge in [-0.3, -0.25) is 9.52 Å². The summed E-state index contributed by atoms with van der Waals surface area (Å²) in [6, 6.07) is 13.2. The van der Waals surface area contributed by atoms with Gasteiger partial charge in [-0.05, 0) is 49.4 Å². The second kappa shape index (κ2) is 8.18. The molecule has 29 heavy (non-hydrogen) atoms. The van der Waals surface area contributed by atoms with Gasteiger partial charge in [-0.2, -0.15) is 0 Å². The van der Waals surface area contributed by atoms with Crippen LogP contribution >= 0.6 is 11.6 Å². The summed E-state index contributed by atoms with van der Waals surface area (Å²) in [6.45, 7) is 1.83. The topological polar surface area (TPSA) is 75.3 Å². The average molecular weight is 437 g/mol. The molecule has 0 bridgehead atoms. The van der Waals surface area contributed by atoms with E-state index in [0.29, 0.717) is 0 Å². The summed E-state index contributed by atoms with van der Waals surface area (Å²) in [5.74, 6) is -2.71. The molecule has 0 unspecified atom stereocenters. The van der Waals surface area contributed by atoms with Gasteiger partial charge in [-0.15, -0.1) is 0 Å². The van der Waals surface area contributed by atoms with Crippen LogP contribution in [0, 0.1) is 18.6 Å². The van der Waals surface area contributed by atoms with Crippen LogP contribution in [-0.2, 0) is 10.0 Å². The fourth-order valence-electron chi connectivity index (χ4n) is 2.49. The van der Waals surface area contributed by atoms with E-state index in [-0.39, 0.29) is 21.2 Å². The Bertz CT molecular complexity index is 1160. The van der Waals surface area contributed by atoms with Crippen molar-refractivity contribution in [3.8, 4) is 0 Å². The lowest BCUT2D eigenvalue weighted by Gasteiger charge is -2.11. The van der Waals surface area contributed by atoms with Crippen LogP contribution in [0.2, 0.25) is 5.02 Å². The molecule has 2 N–H and O–H groups in total. The first-order valence-corrected chi connectivity index (χ1v) is 10.2. The lowest BCUT2D eigenvalue weighted by atomic mass is 10.2. The molecular formula is C20H15ClF2N2O3S. The zero-order chi connectivity index (χ0) is 21.2. The van der Waals surface area contributed by atoms with E-state index in [2.05, 4.69) is 10.0 Å². The second-order valence-electron chi connectivity index (χ2n) is 6.16. The molecule has 0 aliphatic heterocycles. The number of aryl methyl sites for hydroxylation is 1. The number of para-hydroxylation sites is 1. The van der Waals surface area contributed by atoms with E-state index in [1.165, 1.54) is 36.4 Å². The number of carbonyl (C=O) groups excluding carboxylic acids is 1. The van der Waals surface area contributed by atoms with Crippen LogP contribution in [0.5, 0.6) is 0 Å². The first kappa shape index (κ1) is 20.8. The largest absolute Gasteiger partial charge is 0.317 e. The summed E-state index contributed by atoms with van der Waals surface area (Å²) in [7, 11) is -3.85. The van der Waals surface area contributed by atoms with Crippen molar-refractivity contribution in [3.05, 3.63) is 88.4 Å². The molecule has 3 aromatic rings. The van der Waals surface area contributed by atoms with E-state index in [1.807, 2.05) is 6.92 Å². The fourth-order valence-corrected chi connectivity index (χ4v) is 3.81. The number of nitrogens with one attached hydrogen (secondary N) is 2. The second-order valence-corrected chi connectivity index (χ2v) is 8.25. The minimum absolute atomic E-state index is 0.0658. The van der Waals surface area contributed by atoms with Gasteiger partial charge in [0, 0.05) is 0 Å². The van der Waals surface area contributed by atoms with Crippen molar-refractivity contribution in [3.63, 3.8) is 0 Å². The van der Waals surface area contributed by atoms with E-state index >= 15 is 0 Å². The SMILES string of the molecule is Cc1ccc(S(=O)(=O)Nc2ccc(C(=O)Nc3c(F)cccc3F)c(Cl)c2)cc1. The molecule has 150 valence electrons. The Balaban J connectivity index is 1.81. The molecule has 0 aliphatic carbocycles. The van der Waals surface area contributed by atoms with Crippen molar-refractivity contribution in [2.75, 3.05) is 10.0 Å². The minimum atomic E-state index is -3.85. The Morgan fingerprint density at radius 2 is 1.59 bits per heavy atom. The number of halogens is 3. The van der Waals surface area contributed by atoms with Crippen molar-refractivity contribution in [1.29, 1.82) is 0 Å². The molecule has 3 aromatic carbocycles. The molecule has 9 heteroatoms. The lowest BCUT2D eigenvalue weighted by Crippen LogP contribution is -2.16. The number of hydrogen-bond acceptors (Lipinski definition) is 3. The molecule has 0 radical (unpaired) electrons. The van der Waals surface area contributed by atoms with Gasteiger partial charge in [-0.1, -0.05) is 35.4 Å². The number of benzene rings is 3. The molecule has 3 rings (SSSR count). The highest BCUT2D eigenvalue weighted by molar-refractivity contribution is 7.92. The maximum absolute atomic E-state index is 13.7. The Labute approximate surface area is 171 Å².